The molecule has 0 radical (unpaired) electrons. The summed E-state index contributed by atoms with van der Waals surface area (Å²) in [6.45, 7) is 5.24. The lowest BCUT2D eigenvalue weighted by Crippen LogP contribution is -2.39. The molecule has 0 bridgehead atoms. The molecule has 17 heavy (non-hydrogen) atoms. The molecule has 0 amide bonds. The fourth-order valence-corrected chi connectivity index (χ4v) is 1.45. The first-order valence-corrected chi connectivity index (χ1v) is 5.79. The van der Waals surface area contributed by atoms with E-state index in [0.29, 0.717) is 13.0 Å². The number of nitrogens with two attached hydrogens (primary N) is 1. The molecule has 102 valence electrons. The second-order valence-electron chi connectivity index (χ2n) is 4.74. The average Bonchev–Trinajstić information content (AvgIpc) is 2.28. The summed E-state index contributed by atoms with van der Waals surface area (Å²) < 4.78 is 5.05. The molecule has 6 heteroatoms. The van der Waals surface area contributed by atoms with Crippen LogP contribution in [-0.2, 0) is 4.74 Å². The number of methoxy groups -OCH3 is 1. The van der Waals surface area contributed by atoms with Crippen molar-refractivity contribution >= 4 is 5.84 Å². The molecule has 0 spiro atoms. The van der Waals surface area contributed by atoms with Crippen LogP contribution in [0.2, 0.25) is 0 Å². The maximum Gasteiger partial charge on any atom is 0.144 e. The Morgan fingerprint density at radius 1 is 1.53 bits per heavy atom. The van der Waals surface area contributed by atoms with Crippen LogP contribution in [0, 0.1) is 5.41 Å². The number of oxime groups is 1. The van der Waals surface area contributed by atoms with Crippen molar-refractivity contribution in [1.82, 2.24) is 5.32 Å². The third kappa shape index (κ3) is 6.45. The summed E-state index contributed by atoms with van der Waals surface area (Å²) in [4.78, 5) is 0. The molecule has 0 fully saturated rings. The molecule has 0 saturated carbocycles. The van der Waals surface area contributed by atoms with Gasteiger partial charge in [0.05, 0.1) is 6.61 Å². The number of nitrogens with one attached hydrogen (secondary N) is 1. The van der Waals surface area contributed by atoms with Gasteiger partial charge in [-0.1, -0.05) is 19.0 Å². The van der Waals surface area contributed by atoms with Crippen molar-refractivity contribution in [2.24, 2.45) is 16.3 Å². The Balaban J connectivity index is 4.02. The third-order valence-corrected chi connectivity index (χ3v) is 2.83. The number of amidine groups is 1. The van der Waals surface area contributed by atoms with Gasteiger partial charge in [-0.25, -0.2) is 0 Å². The van der Waals surface area contributed by atoms with E-state index in [4.69, 9.17) is 20.8 Å². The summed E-state index contributed by atoms with van der Waals surface area (Å²) in [5.41, 5.74) is 5.24. The van der Waals surface area contributed by atoms with Crippen molar-refractivity contribution in [1.29, 1.82) is 0 Å². The first-order valence-electron chi connectivity index (χ1n) is 5.79. The number of hydrogen-bond acceptors (Lipinski definition) is 5. The van der Waals surface area contributed by atoms with Crippen LogP contribution < -0.4 is 11.1 Å². The molecular formula is C11H25N3O3. The highest BCUT2D eigenvalue weighted by Crippen LogP contribution is 2.19. The van der Waals surface area contributed by atoms with E-state index in [-0.39, 0.29) is 23.9 Å². The molecule has 6 nitrogen and oxygen atoms in total. The van der Waals surface area contributed by atoms with E-state index in [1.165, 1.54) is 0 Å². The number of aliphatic hydroxyl groups excluding tert-OH is 1. The predicted molar refractivity (Wildman–Crippen MR) is 67.2 cm³/mol. The van der Waals surface area contributed by atoms with Gasteiger partial charge in [-0.05, 0) is 19.4 Å². The maximum atomic E-state index is 8.88. The van der Waals surface area contributed by atoms with Crippen LogP contribution in [0.3, 0.4) is 0 Å². The molecule has 0 aromatic rings. The van der Waals surface area contributed by atoms with Crippen LogP contribution in [0.4, 0.5) is 0 Å². The highest BCUT2D eigenvalue weighted by Gasteiger charge is 2.23. The van der Waals surface area contributed by atoms with Gasteiger partial charge in [0.2, 0.25) is 0 Å². The topological polar surface area (TPSA) is 100 Å². The Kier molecular flexibility index (Phi) is 7.86. The SMILES string of the molecule is COCC(CCO)NCCC(C)(C)C(N)=NO. The van der Waals surface area contributed by atoms with Crippen LogP contribution in [0.25, 0.3) is 0 Å². The molecule has 0 aromatic heterocycles. The van der Waals surface area contributed by atoms with Crippen LogP contribution in [0.5, 0.6) is 0 Å². The minimum atomic E-state index is -0.349. The fraction of sp³-hybridized carbons (Fsp3) is 0.909. The third-order valence-electron chi connectivity index (χ3n) is 2.83. The molecule has 0 aliphatic heterocycles. The highest BCUT2D eigenvalue weighted by atomic mass is 16.5. The van der Waals surface area contributed by atoms with Gasteiger partial charge >= 0.3 is 0 Å². The zero-order chi connectivity index (χ0) is 13.3. The number of nitrogens with zero attached hydrogens (tertiary/aromatic N) is 1. The van der Waals surface area contributed by atoms with Gasteiger partial charge in [0, 0.05) is 25.2 Å². The summed E-state index contributed by atoms with van der Waals surface area (Å²) in [6, 6.07) is 0.132. The monoisotopic (exact) mass is 247 g/mol. The number of hydrogen-bond donors (Lipinski definition) is 4. The van der Waals surface area contributed by atoms with Crippen LogP contribution in [0.1, 0.15) is 26.7 Å². The lowest BCUT2D eigenvalue weighted by Gasteiger charge is -2.24. The molecule has 0 saturated heterocycles. The second-order valence-corrected chi connectivity index (χ2v) is 4.74. The van der Waals surface area contributed by atoms with Crippen molar-refractivity contribution in [3.05, 3.63) is 0 Å². The predicted octanol–water partition coefficient (Wildman–Crippen LogP) is 0.136. The number of aliphatic hydroxyl groups is 1. The first kappa shape index (κ1) is 16.1. The number of ether oxygens (including phenoxy) is 1. The summed E-state index contributed by atoms with van der Waals surface area (Å²) in [5.74, 6) is 0.227. The van der Waals surface area contributed by atoms with E-state index in [2.05, 4.69) is 10.5 Å². The summed E-state index contributed by atoms with van der Waals surface area (Å²) >= 11 is 0. The minimum Gasteiger partial charge on any atom is -0.409 e. The molecular weight excluding hydrogens is 222 g/mol. The molecule has 5 N–H and O–H groups in total. The lowest BCUT2D eigenvalue weighted by molar-refractivity contribution is 0.147. The van der Waals surface area contributed by atoms with E-state index in [0.717, 1.165) is 13.0 Å². The van der Waals surface area contributed by atoms with Gasteiger partial charge in [-0.3, -0.25) is 0 Å². The Morgan fingerprint density at radius 3 is 2.65 bits per heavy atom. The van der Waals surface area contributed by atoms with E-state index in [1.54, 1.807) is 7.11 Å². The standard InChI is InChI=1S/C11H25N3O3/c1-11(2,10(12)14-16)5-6-13-9(4-7-15)8-17-3/h9,13,15-16H,4-8H2,1-3H3,(H2,12,14). The number of rotatable bonds is 9. The first-order chi connectivity index (χ1) is 7.97. The van der Waals surface area contributed by atoms with Gasteiger partial charge in [-0.2, -0.15) is 0 Å². The fourth-order valence-electron chi connectivity index (χ4n) is 1.45. The van der Waals surface area contributed by atoms with Gasteiger partial charge in [0.1, 0.15) is 5.84 Å². The zero-order valence-electron chi connectivity index (χ0n) is 10.9. The molecule has 0 aliphatic carbocycles. The van der Waals surface area contributed by atoms with Crippen LogP contribution in [0.15, 0.2) is 5.16 Å². The Bertz CT molecular complexity index is 226. The van der Waals surface area contributed by atoms with E-state index < -0.39 is 0 Å². The molecule has 0 rings (SSSR count). The van der Waals surface area contributed by atoms with Crippen molar-refractivity contribution in [2.45, 2.75) is 32.7 Å². The Morgan fingerprint density at radius 2 is 2.18 bits per heavy atom. The zero-order valence-corrected chi connectivity index (χ0v) is 10.9. The maximum absolute atomic E-state index is 8.88. The molecule has 0 aromatic carbocycles. The quantitative estimate of drug-likeness (QED) is 0.201. The Labute approximate surface area is 103 Å². The van der Waals surface area contributed by atoms with Crippen molar-refractivity contribution in [3.8, 4) is 0 Å². The van der Waals surface area contributed by atoms with Gasteiger partial charge in [0.25, 0.3) is 0 Å². The van der Waals surface area contributed by atoms with Gasteiger partial charge in [-0.15, -0.1) is 0 Å². The van der Waals surface area contributed by atoms with Gasteiger partial charge < -0.3 is 26.1 Å². The van der Waals surface area contributed by atoms with Crippen LogP contribution in [-0.4, -0.2) is 49.1 Å². The summed E-state index contributed by atoms with van der Waals surface area (Å²) in [7, 11) is 1.63. The molecule has 1 unspecified atom stereocenters. The molecule has 1 atom stereocenters. The minimum absolute atomic E-state index is 0.130. The summed E-state index contributed by atoms with van der Waals surface area (Å²) in [5, 5.41) is 23.8. The molecule has 0 aliphatic rings. The summed E-state index contributed by atoms with van der Waals surface area (Å²) in [6.07, 6.45) is 1.40. The average molecular weight is 247 g/mol. The smallest absolute Gasteiger partial charge is 0.144 e. The largest absolute Gasteiger partial charge is 0.409 e. The van der Waals surface area contributed by atoms with E-state index >= 15 is 0 Å². The second kappa shape index (κ2) is 8.27. The highest BCUT2D eigenvalue weighted by molar-refractivity contribution is 5.85. The van der Waals surface area contributed by atoms with Crippen molar-refractivity contribution < 1.29 is 15.1 Å². The van der Waals surface area contributed by atoms with Crippen molar-refractivity contribution in [3.63, 3.8) is 0 Å². The van der Waals surface area contributed by atoms with Gasteiger partial charge in [0.15, 0.2) is 0 Å². The van der Waals surface area contributed by atoms with Crippen LogP contribution >= 0.6 is 0 Å². The van der Waals surface area contributed by atoms with E-state index in [1.807, 2.05) is 13.8 Å². The lowest BCUT2D eigenvalue weighted by atomic mass is 9.88. The molecule has 0 heterocycles. The Hall–Kier alpha value is -0.850. The van der Waals surface area contributed by atoms with Crippen molar-refractivity contribution in [2.75, 3.05) is 26.9 Å². The normalized spacial score (nSPS) is 14.9. The van der Waals surface area contributed by atoms with E-state index in [9.17, 15) is 0 Å².